The average molecular weight is 639 g/mol. The first-order chi connectivity index (χ1) is 20.3. The molecule has 0 bridgehead atoms. The average Bonchev–Trinajstić information content (AvgIpc) is 3.64. The lowest BCUT2D eigenvalue weighted by Gasteiger charge is -2.06. The van der Waals surface area contributed by atoms with E-state index in [-0.39, 0.29) is 17.4 Å². The highest BCUT2D eigenvalue weighted by molar-refractivity contribution is 9.10. The Morgan fingerprint density at radius 2 is 1.64 bits per heavy atom. The van der Waals surface area contributed by atoms with Crippen molar-refractivity contribution in [3.05, 3.63) is 117 Å². The van der Waals surface area contributed by atoms with Gasteiger partial charge in [0, 0.05) is 27.2 Å². The number of thiazole rings is 1. The summed E-state index contributed by atoms with van der Waals surface area (Å²) in [6, 6.07) is 27.6. The summed E-state index contributed by atoms with van der Waals surface area (Å²) in [4.78, 5) is 29.8. The Morgan fingerprint density at radius 1 is 0.976 bits per heavy atom. The van der Waals surface area contributed by atoms with E-state index in [1.807, 2.05) is 31.2 Å². The Morgan fingerprint density at radius 3 is 2.31 bits per heavy atom. The zero-order chi connectivity index (χ0) is 29.6. The van der Waals surface area contributed by atoms with Gasteiger partial charge in [0.1, 0.15) is 33.3 Å². The maximum absolute atomic E-state index is 13.1. The van der Waals surface area contributed by atoms with Gasteiger partial charge in [-0.1, -0.05) is 69.2 Å². The normalized spacial score (nSPS) is 11.1. The molecular formula is C33H24BrN3O4S. The molecule has 0 unspecified atom stereocenters. The van der Waals surface area contributed by atoms with Crippen molar-refractivity contribution < 1.29 is 18.7 Å². The number of rotatable bonds is 8. The van der Waals surface area contributed by atoms with Crippen LogP contribution < -0.4 is 5.32 Å². The van der Waals surface area contributed by atoms with Crippen LogP contribution in [0.3, 0.4) is 0 Å². The number of aryl methyl sites for hydroxylation is 1. The zero-order valence-electron chi connectivity index (χ0n) is 22.7. The lowest BCUT2D eigenvalue weighted by atomic mass is 10.1. The molecule has 0 aliphatic rings. The van der Waals surface area contributed by atoms with Crippen LogP contribution in [0.15, 0.2) is 93.8 Å². The van der Waals surface area contributed by atoms with Crippen molar-refractivity contribution in [1.29, 1.82) is 5.26 Å². The zero-order valence-corrected chi connectivity index (χ0v) is 25.1. The number of amides is 1. The van der Waals surface area contributed by atoms with Gasteiger partial charge in [0.15, 0.2) is 0 Å². The summed E-state index contributed by atoms with van der Waals surface area (Å²) >= 11 is 4.61. The van der Waals surface area contributed by atoms with Crippen LogP contribution in [0.25, 0.3) is 34.2 Å². The first-order valence-corrected chi connectivity index (χ1v) is 14.6. The summed E-state index contributed by atoms with van der Waals surface area (Å²) < 4.78 is 11.9. The molecule has 1 N–H and O–H groups in total. The van der Waals surface area contributed by atoms with E-state index in [4.69, 9.17) is 14.1 Å². The van der Waals surface area contributed by atoms with Gasteiger partial charge in [-0.2, -0.15) is 5.26 Å². The lowest BCUT2D eigenvalue weighted by molar-refractivity contribution is 0.0526. The molecule has 0 radical (unpaired) electrons. The van der Waals surface area contributed by atoms with Crippen molar-refractivity contribution in [2.75, 3.05) is 11.9 Å². The summed E-state index contributed by atoms with van der Waals surface area (Å²) in [7, 11) is 0. The van der Waals surface area contributed by atoms with Crippen LogP contribution in [0.1, 0.15) is 44.0 Å². The summed E-state index contributed by atoms with van der Waals surface area (Å²) in [5.74, 6) is 0.379. The number of allylic oxidation sites excluding steroid dienone is 1. The number of nitrogens with one attached hydrogen (secondary N) is 1. The third-order valence-corrected chi connectivity index (χ3v) is 7.76. The second-order valence-electron chi connectivity index (χ2n) is 9.19. The van der Waals surface area contributed by atoms with Gasteiger partial charge in [0.05, 0.1) is 17.7 Å². The van der Waals surface area contributed by atoms with Gasteiger partial charge in [0.25, 0.3) is 5.91 Å². The second kappa shape index (κ2) is 12.8. The van der Waals surface area contributed by atoms with Crippen molar-refractivity contribution in [2.45, 2.75) is 13.8 Å². The lowest BCUT2D eigenvalue weighted by Crippen LogP contribution is -2.11. The van der Waals surface area contributed by atoms with E-state index >= 15 is 0 Å². The third-order valence-electron chi connectivity index (χ3n) is 6.23. The molecule has 5 rings (SSSR count). The van der Waals surface area contributed by atoms with Gasteiger partial charge in [-0.3, -0.25) is 4.79 Å². The maximum atomic E-state index is 13.1. The molecule has 7 nitrogen and oxygen atoms in total. The van der Waals surface area contributed by atoms with Crippen molar-refractivity contribution in [3.63, 3.8) is 0 Å². The monoisotopic (exact) mass is 637 g/mol. The number of ether oxygens (including phenoxy) is 1. The number of esters is 1. The van der Waals surface area contributed by atoms with E-state index in [1.54, 1.807) is 73.7 Å². The van der Waals surface area contributed by atoms with Gasteiger partial charge in [-0.05, 0) is 62.4 Å². The van der Waals surface area contributed by atoms with Crippen LogP contribution in [-0.4, -0.2) is 23.5 Å². The summed E-state index contributed by atoms with van der Waals surface area (Å²) in [6.45, 7) is 4.06. The molecule has 3 aromatic carbocycles. The Balaban J connectivity index is 1.45. The SMILES string of the molecule is CCOC(=O)c1ccc(-c2ccc(C=C(C#N)c3nc(-c4ccc(C)cc4)c(NC(=O)c4ccc(Br)cc4)s3)o2)cc1. The number of carbonyl (C=O) groups excluding carboxylic acids is 2. The minimum Gasteiger partial charge on any atom is -0.462 e. The number of carbonyl (C=O) groups is 2. The molecule has 5 aromatic rings. The van der Waals surface area contributed by atoms with Gasteiger partial charge in [0.2, 0.25) is 0 Å². The number of hydrogen-bond donors (Lipinski definition) is 1. The first kappa shape index (κ1) is 28.7. The Kier molecular flexibility index (Phi) is 8.77. The molecular weight excluding hydrogens is 614 g/mol. The van der Waals surface area contributed by atoms with E-state index in [0.717, 1.165) is 21.2 Å². The number of nitriles is 1. The molecule has 208 valence electrons. The summed E-state index contributed by atoms with van der Waals surface area (Å²) in [5, 5.41) is 14.0. The Bertz CT molecular complexity index is 1810. The fraction of sp³-hybridized carbons (Fsp3) is 0.0909. The molecule has 0 atom stereocenters. The highest BCUT2D eigenvalue weighted by Crippen LogP contribution is 2.37. The molecule has 0 saturated heterocycles. The van der Waals surface area contributed by atoms with Gasteiger partial charge < -0.3 is 14.5 Å². The number of benzene rings is 3. The predicted octanol–water partition coefficient (Wildman–Crippen LogP) is 8.63. The number of halogens is 1. The van der Waals surface area contributed by atoms with Crippen LogP contribution in [-0.2, 0) is 4.74 Å². The summed E-state index contributed by atoms with van der Waals surface area (Å²) in [6.07, 6.45) is 1.62. The van der Waals surface area contributed by atoms with Crippen molar-refractivity contribution in [1.82, 2.24) is 4.98 Å². The minimum absolute atomic E-state index is 0.279. The quantitative estimate of drug-likeness (QED) is 0.135. The number of aromatic nitrogens is 1. The van der Waals surface area contributed by atoms with Crippen LogP contribution >= 0.6 is 27.3 Å². The molecule has 9 heteroatoms. The minimum atomic E-state index is -0.383. The first-order valence-electron chi connectivity index (χ1n) is 13.0. The fourth-order valence-corrected chi connectivity index (χ4v) is 5.27. The molecule has 0 saturated carbocycles. The van der Waals surface area contributed by atoms with E-state index in [9.17, 15) is 14.9 Å². The fourth-order valence-electron chi connectivity index (χ4n) is 4.06. The molecule has 0 fully saturated rings. The standard InChI is InChI=1S/C33H24BrN3O4S/c1-3-40-33(39)24-10-8-21(9-11-24)28-17-16-27(41-28)18-25(19-35)31-36-29(22-6-4-20(2)5-7-22)32(42-31)37-30(38)23-12-14-26(34)15-13-23/h4-18H,3H2,1-2H3,(H,37,38). The van der Waals surface area contributed by atoms with E-state index < -0.39 is 0 Å². The van der Waals surface area contributed by atoms with E-state index in [0.29, 0.717) is 45.0 Å². The number of nitrogens with zero attached hydrogens (tertiary/aromatic N) is 2. The highest BCUT2D eigenvalue weighted by Gasteiger charge is 2.19. The van der Waals surface area contributed by atoms with Crippen molar-refractivity contribution in [2.24, 2.45) is 0 Å². The van der Waals surface area contributed by atoms with E-state index in [1.165, 1.54) is 11.3 Å². The van der Waals surface area contributed by atoms with Gasteiger partial charge in [-0.15, -0.1) is 0 Å². The largest absolute Gasteiger partial charge is 0.462 e. The highest BCUT2D eigenvalue weighted by atomic mass is 79.9. The molecule has 2 aromatic heterocycles. The van der Waals surface area contributed by atoms with Crippen LogP contribution in [0.2, 0.25) is 0 Å². The number of anilines is 1. The molecule has 1 amide bonds. The maximum Gasteiger partial charge on any atom is 0.338 e. The van der Waals surface area contributed by atoms with Gasteiger partial charge >= 0.3 is 5.97 Å². The molecule has 0 aliphatic carbocycles. The van der Waals surface area contributed by atoms with Gasteiger partial charge in [-0.25, -0.2) is 9.78 Å². The summed E-state index contributed by atoms with van der Waals surface area (Å²) in [5.41, 5.74) is 4.50. The third kappa shape index (κ3) is 6.57. The smallest absolute Gasteiger partial charge is 0.338 e. The number of hydrogen-bond acceptors (Lipinski definition) is 7. The van der Waals surface area contributed by atoms with Crippen molar-refractivity contribution in [3.8, 4) is 28.7 Å². The Hall–Kier alpha value is -4.78. The molecule has 42 heavy (non-hydrogen) atoms. The topological polar surface area (TPSA) is 105 Å². The predicted molar refractivity (Wildman–Crippen MR) is 168 cm³/mol. The van der Waals surface area contributed by atoms with Crippen LogP contribution in [0, 0.1) is 18.3 Å². The number of furan rings is 1. The molecule has 0 spiro atoms. The van der Waals surface area contributed by atoms with Crippen LogP contribution in [0.5, 0.6) is 0 Å². The molecule has 0 aliphatic heterocycles. The van der Waals surface area contributed by atoms with Crippen LogP contribution in [0.4, 0.5) is 5.00 Å². The van der Waals surface area contributed by atoms with E-state index in [2.05, 4.69) is 27.3 Å². The molecule has 2 heterocycles. The van der Waals surface area contributed by atoms with Crippen molar-refractivity contribution >= 4 is 55.8 Å². The second-order valence-corrected chi connectivity index (χ2v) is 11.1. The Labute approximate surface area is 255 Å².